The highest BCUT2D eigenvalue weighted by Crippen LogP contribution is 2.24. The highest BCUT2D eigenvalue weighted by atomic mass is 32.2. The van der Waals surface area contributed by atoms with E-state index in [1.165, 1.54) is 16.9 Å². The molecule has 24 nitrogen and oxygen atoms in total. The van der Waals surface area contributed by atoms with E-state index in [1.807, 2.05) is 30.0 Å². The molecular weight excluding hydrogens is 935 g/mol. The number of primary amides is 1. The molecule has 0 spiro atoms. The lowest BCUT2D eigenvalue weighted by Crippen LogP contribution is -2.47. The minimum absolute atomic E-state index is 0.199. The summed E-state index contributed by atoms with van der Waals surface area (Å²) in [7, 11) is 0. The summed E-state index contributed by atoms with van der Waals surface area (Å²) in [5, 5.41) is 31.4. The van der Waals surface area contributed by atoms with E-state index in [2.05, 4.69) is 103 Å². The maximum atomic E-state index is 12.6. The molecule has 2 unspecified atom stereocenters. The van der Waals surface area contributed by atoms with Gasteiger partial charge in [-0.25, -0.2) is 4.79 Å². The van der Waals surface area contributed by atoms with Crippen molar-refractivity contribution < 1.29 is 43.2 Å². The topological polar surface area (TPSA) is 409 Å². The number of nitrogens with zero attached hydrogens (tertiary/aromatic N) is 1. The van der Waals surface area contributed by atoms with Crippen LogP contribution in [0, 0.1) is 17.7 Å². The van der Waals surface area contributed by atoms with E-state index in [9.17, 15) is 43.2 Å². The van der Waals surface area contributed by atoms with Gasteiger partial charge in [0.1, 0.15) is 18.6 Å². The number of aryl methyl sites for hydroxylation is 1. The van der Waals surface area contributed by atoms with Crippen LogP contribution in [-0.2, 0) is 38.4 Å². The number of benzene rings is 2. The fourth-order valence-corrected chi connectivity index (χ4v) is 6.25. The van der Waals surface area contributed by atoms with Crippen LogP contribution < -0.4 is 60.2 Å². The normalized spacial score (nSPS) is 12.4. The molecular formula is C43H67N15O9S2. The van der Waals surface area contributed by atoms with Gasteiger partial charge in [-0.1, -0.05) is 66.6 Å². The molecule has 0 bridgehead atoms. The molecule has 1 aliphatic heterocycles. The molecule has 380 valence electrons. The highest BCUT2D eigenvalue weighted by Gasteiger charge is 2.37. The maximum absolute atomic E-state index is 12.6. The van der Waals surface area contributed by atoms with Crippen LogP contribution in [0.5, 0.6) is 0 Å². The number of guanidine groups is 1. The summed E-state index contributed by atoms with van der Waals surface area (Å²) in [4.78, 5) is 107. The fraction of sp³-hybridized carbons (Fsp3) is 0.372. The fourth-order valence-electron chi connectivity index (χ4n) is 5.12. The Morgan fingerprint density at radius 2 is 1.41 bits per heavy atom. The zero-order chi connectivity index (χ0) is 52.7. The number of rotatable bonds is 19. The Labute approximate surface area is 409 Å². The van der Waals surface area contributed by atoms with Crippen LogP contribution in [0.2, 0.25) is 0 Å². The molecule has 2 aromatic carbocycles. The van der Waals surface area contributed by atoms with Crippen molar-refractivity contribution in [1.29, 1.82) is 10.8 Å². The van der Waals surface area contributed by atoms with Crippen LogP contribution in [0.15, 0.2) is 71.8 Å². The van der Waals surface area contributed by atoms with E-state index in [0.717, 1.165) is 16.8 Å². The molecule has 69 heavy (non-hydrogen) atoms. The predicted octanol–water partition coefficient (Wildman–Crippen LogP) is -0.640. The van der Waals surface area contributed by atoms with E-state index >= 15 is 0 Å². The zero-order valence-corrected chi connectivity index (χ0v) is 41.2. The number of hydrogen-bond donors (Lipinski definition) is 14. The number of amides is 10. The van der Waals surface area contributed by atoms with E-state index in [0.29, 0.717) is 30.3 Å². The summed E-state index contributed by atoms with van der Waals surface area (Å²) in [5.41, 5.74) is 22.4. The van der Waals surface area contributed by atoms with Crippen molar-refractivity contribution in [3.05, 3.63) is 82.9 Å². The van der Waals surface area contributed by atoms with Crippen molar-refractivity contribution in [2.24, 2.45) is 22.9 Å². The molecule has 3 aromatic rings. The third-order valence-electron chi connectivity index (χ3n) is 8.00. The Hall–Kier alpha value is -7.61. The van der Waals surface area contributed by atoms with Crippen LogP contribution in [0.1, 0.15) is 44.4 Å². The number of hydrogen-bond acceptors (Lipinski definition) is 13. The number of nitrogens with two attached hydrogens (primary N) is 4. The first kappa shape index (κ1) is 63.5. The van der Waals surface area contributed by atoms with Crippen LogP contribution >= 0.6 is 23.5 Å². The minimum Gasteiger partial charge on any atom is -0.390 e. The van der Waals surface area contributed by atoms with Gasteiger partial charge in [0.25, 0.3) is 5.91 Å². The van der Waals surface area contributed by atoms with Gasteiger partial charge in [0.15, 0.2) is 5.96 Å². The maximum Gasteiger partial charge on any atom is 0.325 e. The third-order valence-corrected chi connectivity index (χ3v) is 9.38. The molecule has 1 aliphatic rings. The van der Waals surface area contributed by atoms with E-state index < -0.39 is 67.3 Å². The minimum atomic E-state index is -1.16. The molecule has 10 amide bonds. The highest BCUT2D eigenvalue weighted by molar-refractivity contribution is 8.01. The summed E-state index contributed by atoms with van der Waals surface area (Å²) in [6.07, 6.45) is 7.40. The SMILES string of the molecule is CCNC(=O)CN1C(=O)NC(CC)C1=O.CSC=C(C)CSC.Cc1ccccc1.N=C(N)N.N=CN.NC(=O)CNC(=O)C(NC(=O)CNC(=O)CNC(=O)CNC=O)c1c[nH]c2ccccc12. The predicted molar refractivity (Wildman–Crippen MR) is 270 cm³/mol. The Bertz CT molecular complexity index is 2140. The molecule has 1 aromatic heterocycles. The van der Waals surface area contributed by atoms with Gasteiger partial charge >= 0.3 is 6.03 Å². The average Bonchev–Trinajstić information content (AvgIpc) is 3.85. The number of thioether (sulfide) groups is 2. The second-order valence-corrected chi connectivity index (χ2v) is 15.3. The Kier molecular flexibility index (Phi) is 35.4. The smallest absolute Gasteiger partial charge is 0.325 e. The molecule has 2 atom stereocenters. The van der Waals surface area contributed by atoms with Gasteiger partial charge < -0.3 is 65.1 Å². The van der Waals surface area contributed by atoms with E-state index in [-0.39, 0.29) is 30.9 Å². The van der Waals surface area contributed by atoms with E-state index in [4.69, 9.17) is 16.6 Å². The van der Waals surface area contributed by atoms with Gasteiger partial charge in [0, 0.05) is 35.0 Å². The molecule has 0 aliphatic carbocycles. The number of carbonyl (C=O) groups is 9. The number of aromatic nitrogens is 1. The number of carbonyl (C=O) groups excluding carboxylic acids is 9. The Balaban J connectivity index is 0. The first-order valence-corrected chi connectivity index (χ1v) is 23.4. The molecule has 26 heteroatoms. The molecule has 2 heterocycles. The number of nitrogens with one attached hydrogen (secondary N) is 10. The first-order valence-electron chi connectivity index (χ1n) is 20.8. The molecule has 18 N–H and O–H groups in total. The average molecular weight is 1000 g/mol. The standard InChI is InChI=1S/C19H23N7O6.C9H15N3O3.C7H8.C6H12S2.CH5N3.CH4N2/c20-14(28)6-25-19(32)18(12-5-22-13-4-2-1-3-11(12)13)26-17(31)9-24-16(30)8-23-15(29)7-21-10-27;1-3-6-8(14)12(9(15)11-6)5-7(13)10-4-2;1-7-5-3-2-4-6-7;1-6(4-7-2)5-8-3;2-1(3)4;2-1-3/h1-5,10,18,22H,6-9H2,(H2,20,28)(H,21,27)(H,23,29)(H,24,30)(H,25,32)(H,26,31);6H,3-5H2,1-2H3,(H,10,13)(H,11,15);2-6H,1H3;4H,5H2,1-3H3;(H5,2,3,4);1H,(H3,2,3). The van der Waals surface area contributed by atoms with Gasteiger partial charge in [-0.15, -0.1) is 11.8 Å². The largest absolute Gasteiger partial charge is 0.390 e. The summed E-state index contributed by atoms with van der Waals surface area (Å²) >= 11 is 3.64. The number of urea groups is 1. The van der Waals surface area contributed by atoms with Crippen molar-refractivity contribution >= 4 is 101 Å². The lowest BCUT2D eigenvalue weighted by atomic mass is 10.0. The lowest BCUT2D eigenvalue weighted by molar-refractivity contribution is -0.132. The summed E-state index contributed by atoms with van der Waals surface area (Å²) in [6.45, 7) is 6.53. The van der Waals surface area contributed by atoms with Gasteiger partial charge in [-0.05, 0) is 51.2 Å². The van der Waals surface area contributed by atoms with Crippen molar-refractivity contribution in [1.82, 2.24) is 47.1 Å². The number of fused-ring (bicyclic) bond motifs is 1. The third kappa shape index (κ3) is 30.3. The van der Waals surface area contributed by atoms with Crippen molar-refractivity contribution in [3.8, 4) is 0 Å². The first-order chi connectivity index (χ1) is 32.8. The zero-order valence-electron chi connectivity index (χ0n) is 39.6. The number of aromatic amines is 1. The van der Waals surface area contributed by atoms with Gasteiger partial charge in [-0.3, -0.25) is 54.1 Å². The number of imide groups is 1. The number of likely N-dealkylation sites (N-methyl/N-ethyl adjacent to an activating group) is 1. The van der Waals surface area contributed by atoms with Crippen molar-refractivity contribution in [3.63, 3.8) is 0 Å². The van der Waals surface area contributed by atoms with Gasteiger partial charge in [0.2, 0.25) is 41.9 Å². The molecule has 1 fully saturated rings. The van der Waals surface area contributed by atoms with Gasteiger partial charge in [-0.2, -0.15) is 11.8 Å². The number of H-pyrrole nitrogens is 1. The molecule has 0 saturated carbocycles. The quantitative estimate of drug-likeness (QED) is 0.0308. The van der Waals surface area contributed by atoms with Crippen molar-refractivity contribution in [2.45, 2.75) is 46.2 Å². The summed E-state index contributed by atoms with van der Waals surface area (Å²) in [6, 6.07) is 15.2. The molecule has 1 saturated heterocycles. The second-order valence-electron chi connectivity index (χ2n) is 13.7. The Morgan fingerprint density at radius 1 is 0.841 bits per heavy atom. The Morgan fingerprint density at radius 3 is 1.90 bits per heavy atom. The lowest BCUT2D eigenvalue weighted by Gasteiger charge is -2.18. The summed E-state index contributed by atoms with van der Waals surface area (Å²) < 4.78 is 0. The molecule has 4 rings (SSSR count). The van der Waals surface area contributed by atoms with E-state index in [1.54, 1.807) is 56.1 Å². The monoisotopic (exact) mass is 1000 g/mol. The number of para-hydroxylation sites is 1. The van der Waals surface area contributed by atoms with Crippen LogP contribution in [0.25, 0.3) is 10.9 Å². The molecule has 0 radical (unpaired) electrons. The second kappa shape index (κ2) is 38.5. The van der Waals surface area contributed by atoms with Crippen LogP contribution in [-0.4, -0.2) is 140 Å². The van der Waals surface area contributed by atoms with Crippen molar-refractivity contribution in [2.75, 3.05) is 57.5 Å². The van der Waals surface area contributed by atoms with Gasteiger partial charge in [0.05, 0.1) is 32.5 Å². The summed E-state index contributed by atoms with van der Waals surface area (Å²) in [5.74, 6) is -3.14. The van der Waals surface area contributed by atoms with Crippen LogP contribution in [0.3, 0.4) is 0 Å². The van der Waals surface area contributed by atoms with Crippen LogP contribution in [0.4, 0.5) is 4.79 Å².